The summed E-state index contributed by atoms with van der Waals surface area (Å²) in [6.07, 6.45) is 0.999. The van der Waals surface area contributed by atoms with Crippen molar-refractivity contribution in [3.63, 3.8) is 0 Å². The number of hydrogen-bond donors (Lipinski definition) is 3. The van der Waals surface area contributed by atoms with E-state index in [2.05, 4.69) is 10.0 Å². The topological polar surface area (TPSA) is 105 Å². The van der Waals surface area contributed by atoms with Crippen molar-refractivity contribution in [3.05, 3.63) is 58.7 Å². The monoisotopic (exact) mass is 470 g/mol. The van der Waals surface area contributed by atoms with Crippen molar-refractivity contribution >= 4 is 21.6 Å². The molecule has 2 aromatic carbocycles. The molecular weight excluding hydrogens is 442 g/mol. The molecule has 176 valence electrons. The lowest BCUT2D eigenvalue weighted by molar-refractivity contribution is -0.123. The van der Waals surface area contributed by atoms with Crippen LogP contribution in [-0.4, -0.2) is 32.3 Å². The van der Waals surface area contributed by atoms with E-state index in [0.29, 0.717) is 11.1 Å². The molecule has 7 nitrogen and oxygen atoms in total. The van der Waals surface area contributed by atoms with Crippen LogP contribution in [0.1, 0.15) is 50.4 Å². The first-order valence-corrected chi connectivity index (χ1v) is 11.7. The lowest BCUT2D eigenvalue weighted by Gasteiger charge is -2.21. The highest BCUT2D eigenvalue weighted by Gasteiger charge is 2.24. The Morgan fingerprint density at radius 2 is 1.75 bits per heavy atom. The van der Waals surface area contributed by atoms with Crippen molar-refractivity contribution in [2.45, 2.75) is 45.8 Å². The van der Waals surface area contributed by atoms with Gasteiger partial charge in [-0.2, -0.15) is 0 Å². The predicted octanol–water partition coefficient (Wildman–Crippen LogP) is 3.38. The minimum absolute atomic E-state index is 0.0589. The van der Waals surface area contributed by atoms with Crippen LogP contribution in [0, 0.1) is 11.6 Å². The smallest absolute Gasteiger partial charge is 0.258 e. The van der Waals surface area contributed by atoms with Crippen LogP contribution >= 0.6 is 0 Å². The fourth-order valence-electron chi connectivity index (χ4n) is 3.18. The van der Waals surface area contributed by atoms with Crippen LogP contribution in [0.3, 0.4) is 0 Å². The zero-order valence-electron chi connectivity index (χ0n) is 18.6. The summed E-state index contributed by atoms with van der Waals surface area (Å²) < 4.78 is 59.0. The van der Waals surface area contributed by atoms with Crippen LogP contribution in [0.25, 0.3) is 0 Å². The molecule has 0 spiro atoms. The van der Waals surface area contributed by atoms with E-state index in [4.69, 9.17) is 4.74 Å². The van der Waals surface area contributed by atoms with Gasteiger partial charge in [-0.3, -0.25) is 9.52 Å². The van der Waals surface area contributed by atoms with Gasteiger partial charge in [0, 0.05) is 23.3 Å². The van der Waals surface area contributed by atoms with Crippen LogP contribution in [0.2, 0.25) is 0 Å². The number of aliphatic hydroxyl groups is 1. The molecule has 0 aliphatic heterocycles. The number of halogens is 2. The minimum atomic E-state index is -3.51. The first-order valence-electron chi connectivity index (χ1n) is 9.84. The van der Waals surface area contributed by atoms with E-state index >= 15 is 0 Å². The maximum absolute atomic E-state index is 14.3. The number of carbonyl (C=O) groups excluding carboxylic acids is 1. The van der Waals surface area contributed by atoms with Gasteiger partial charge < -0.3 is 15.2 Å². The van der Waals surface area contributed by atoms with E-state index in [-0.39, 0.29) is 17.0 Å². The zero-order chi connectivity index (χ0) is 24.3. The van der Waals surface area contributed by atoms with Gasteiger partial charge in [0.25, 0.3) is 5.91 Å². The highest BCUT2D eigenvalue weighted by molar-refractivity contribution is 7.92. The third-order valence-corrected chi connectivity index (χ3v) is 5.20. The van der Waals surface area contributed by atoms with Gasteiger partial charge in [0.1, 0.15) is 17.4 Å². The van der Waals surface area contributed by atoms with Crippen LogP contribution < -0.4 is 14.8 Å². The van der Waals surface area contributed by atoms with Crippen LogP contribution in [-0.2, 0) is 26.8 Å². The second-order valence-corrected chi connectivity index (χ2v) is 10.3. The fraction of sp³-hybridized carbons (Fsp3) is 0.409. The number of benzene rings is 2. The predicted molar refractivity (Wildman–Crippen MR) is 118 cm³/mol. The lowest BCUT2D eigenvalue weighted by atomic mass is 9.86. The Balaban J connectivity index is 2.04. The third-order valence-electron chi connectivity index (χ3n) is 4.61. The average Bonchev–Trinajstić information content (AvgIpc) is 2.63. The summed E-state index contributed by atoms with van der Waals surface area (Å²) in [7, 11) is -3.51. The number of sulfonamides is 1. The van der Waals surface area contributed by atoms with Crippen LogP contribution in [0.5, 0.6) is 5.75 Å². The van der Waals surface area contributed by atoms with Gasteiger partial charge in [0.2, 0.25) is 10.0 Å². The molecule has 3 N–H and O–H groups in total. The quantitative estimate of drug-likeness (QED) is 0.549. The van der Waals surface area contributed by atoms with E-state index in [0.717, 1.165) is 18.4 Å². The van der Waals surface area contributed by atoms with Gasteiger partial charge in [-0.15, -0.1) is 0 Å². The third kappa shape index (κ3) is 6.89. The lowest BCUT2D eigenvalue weighted by Crippen LogP contribution is -2.31. The Morgan fingerprint density at radius 1 is 1.16 bits per heavy atom. The molecule has 1 amide bonds. The molecular formula is C22H28F2N2O5S. The van der Waals surface area contributed by atoms with E-state index < -0.39 is 52.2 Å². The van der Waals surface area contributed by atoms with Gasteiger partial charge in [-0.05, 0) is 30.0 Å². The summed E-state index contributed by atoms with van der Waals surface area (Å²) in [6.45, 7) is 5.90. The van der Waals surface area contributed by atoms with Crippen molar-refractivity contribution in [1.29, 1.82) is 0 Å². The van der Waals surface area contributed by atoms with E-state index in [9.17, 15) is 27.1 Å². The Bertz CT molecular complexity index is 1070. The van der Waals surface area contributed by atoms with E-state index in [1.807, 2.05) is 0 Å². The summed E-state index contributed by atoms with van der Waals surface area (Å²) >= 11 is 0. The van der Waals surface area contributed by atoms with Crippen molar-refractivity contribution < 1.29 is 31.8 Å². The molecule has 10 heteroatoms. The number of ether oxygens (including phenoxy) is 1. The van der Waals surface area contributed by atoms with Crippen molar-refractivity contribution in [1.82, 2.24) is 5.32 Å². The molecule has 0 aromatic heterocycles. The molecule has 0 unspecified atom stereocenters. The Labute approximate surface area is 186 Å². The van der Waals surface area contributed by atoms with Gasteiger partial charge in [-0.1, -0.05) is 26.8 Å². The number of carbonyl (C=O) groups is 1. The van der Waals surface area contributed by atoms with Crippen LogP contribution in [0.15, 0.2) is 30.3 Å². The summed E-state index contributed by atoms with van der Waals surface area (Å²) in [5.74, 6) is -2.13. The standard InChI is InChI=1S/C22H28F2N2O5S/c1-13(14-6-7-19(15(8-14)11-27)26-32(5,29)30)25-20(28)12-31-16-9-17(23)21(18(24)10-16)22(2,3)4/h6-10,13,26-27H,11-12H2,1-5H3,(H,25,28)/t13-/m1/s1. The SMILES string of the molecule is C[C@@H](NC(=O)COc1cc(F)c(C(C)(C)C)c(F)c1)c1ccc(NS(C)(=O)=O)c(CO)c1. The Morgan fingerprint density at radius 3 is 2.25 bits per heavy atom. The zero-order valence-corrected chi connectivity index (χ0v) is 19.4. The first-order chi connectivity index (χ1) is 14.7. The molecule has 0 saturated carbocycles. The number of amides is 1. The highest BCUT2D eigenvalue weighted by Crippen LogP contribution is 2.31. The van der Waals surface area contributed by atoms with Gasteiger partial charge in [0.15, 0.2) is 6.61 Å². The largest absolute Gasteiger partial charge is 0.484 e. The molecule has 0 saturated heterocycles. The molecule has 2 aromatic rings. The summed E-state index contributed by atoms with van der Waals surface area (Å²) in [6, 6.07) is 6.25. The maximum atomic E-state index is 14.3. The van der Waals surface area contributed by atoms with Crippen LogP contribution in [0.4, 0.5) is 14.5 Å². The number of anilines is 1. The second-order valence-electron chi connectivity index (χ2n) is 8.54. The molecule has 2 rings (SSSR count). The minimum Gasteiger partial charge on any atom is -0.484 e. The molecule has 1 atom stereocenters. The fourth-order valence-corrected chi connectivity index (χ4v) is 3.78. The van der Waals surface area contributed by atoms with Gasteiger partial charge in [-0.25, -0.2) is 17.2 Å². The number of nitrogens with one attached hydrogen (secondary N) is 2. The first kappa shape index (κ1) is 25.5. The number of rotatable bonds is 8. The molecule has 0 aliphatic rings. The molecule has 0 fully saturated rings. The molecule has 32 heavy (non-hydrogen) atoms. The molecule has 0 heterocycles. The average molecular weight is 471 g/mol. The van der Waals surface area contributed by atoms with Crippen molar-refractivity contribution in [2.24, 2.45) is 0 Å². The summed E-state index contributed by atoms with van der Waals surface area (Å²) in [4.78, 5) is 12.2. The normalized spacial score (nSPS) is 12.9. The van der Waals surface area contributed by atoms with Gasteiger partial charge in [0.05, 0.1) is 24.6 Å². The second kappa shape index (κ2) is 9.83. The Kier molecular flexibility index (Phi) is 7.84. The van der Waals surface area contributed by atoms with Crippen molar-refractivity contribution in [3.8, 4) is 5.75 Å². The highest BCUT2D eigenvalue weighted by atomic mass is 32.2. The molecule has 0 radical (unpaired) electrons. The Hall–Kier alpha value is -2.72. The maximum Gasteiger partial charge on any atom is 0.258 e. The molecule has 0 bridgehead atoms. The molecule has 0 aliphatic carbocycles. The summed E-state index contributed by atoms with van der Waals surface area (Å²) in [5.41, 5.74) is 0.419. The number of hydrogen-bond acceptors (Lipinski definition) is 5. The summed E-state index contributed by atoms with van der Waals surface area (Å²) in [5, 5.41) is 12.2. The van der Waals surface area contributed by atoms with Crippen molar-refractivity contribution in [2.75, 3.05) is 17.6 Å². The number of aliphatic hydroxyl groups excluding tert-OH is 1. The van der Waals surface area contributed by atoms with E-state index in [1.54, 1.807) is 39.8 Å². The van der Waals surface area contributed by atoms with E-state index in [1.165, 1.54) is 6.07 Å². The van der Waals surface area contributed by atoms with Gasteiger partial charge >= 0.3 is 0 Å².